The SMILES string of the molecule is CCOC(=O)CCN1CCN(c2ncnc(Nc3nc(-c4cc(F)cc(C(F)(F)F)c4)c(CN4CCC[C@H]4C(C)C)s3)c2F)CC1. The van der Waals surface area contributed by atoms with Crippen LogP contribution in [0.5, 0.6) is 0 Å². The predicted molar refractivity (Wildman–Crippen MR) is 166 cm³/mol. The Hall–Kier alpha value is -3.43. The van der Waals surface area contributed by atoms with Gasteiger partial charge in [-0.3, -0.25) is 14.6 Å². The molecule has 0 spiro atoms. The second-order valence-corrected chi connectivity index (χ2v) is 12.9. The van der Waals surface area contributed by atoms with E-state index in [1.165, 1.54) is 17.7 Å². The first-order chi connectivity index (χ1) is 21.9. The number of nitrogens with zero attached hydrogens (tertiary/aromatic N) is 6. The van der Waals surface area contributed by atoms with Gasteiger partial charge in [0.05, 0.1) is 24.3 Å². The number of benzene rings is 1. The molecule has 15 heteroatoms. The Bertz CT molecular complexity index is 1510. The van der Waals surface area contributed by atoms with Crippen molar-refractivity contribution in [1.82, 2.24) is 24.8 Å². The number of rotatable bonds is 11. The van der Waals surface area contributed by atoms with E-state index in [0.29, 0.717) is 62.7 Å². The standard InChI is InChI=1S/C31H38F5N7O2S/c1-4-45-25(44)7-9-41-10-12-42(13-11-41)29-26(33)28(37-18-38-29)40-30-39-27(20-14-21(31(34,35)36)16-22(32)15-20)24(46-30)17-43-8-5-6-23(43)19(2)3/h14-16,18-19,23H,4-13,17H2,1-3H3,(H,37,38,39,40)/t23-/m0/s1. The summed E-state index contributed by atoms with van der Waals surface area (Å²) in [5.74, 6) is -1.61. The first-order valence-corrected chi connectivity index (χ1v) is 16.3. The monoisotopic (exact) mass is 667 g/mol. The summed E-state index contributed by atoms with van der Waals surface area (Å²) >= 11 is 1.18. The lowest BCUT2D eigenvalue weighted by Crippen LogP contribution is -2.47. The number of piperazine rings is 1. The Balaban J connectivity index is 1.38. The van der Waals surface area contributed by atoms with Gasteiger partial charge in [-0.1, -0.05) is 25.2 Å². The summed E-state index contributed by atoms with van der Waals surface area (Å²) < 4.78 is 76.0. The van der Waals surface area contributed by atoms with Crippen LogP contribution in [-0.2, 0) is 22.3 Å². The molecule has 5 rings (SSSR count). The van der Waals surface area contributed by atoms with Crippen molar-refractivity contribution < 1.29 is 31.5 Å². The number of nitrogens with one attached hydrogen (secondary N) is 1. The summed E-state index contributed by atoms with van der Waals surface area (Å²) in [5.41, 5.74) is -0.901. The van der Waals surface area contributed by atoms with Crippen molar-refractivity contribution >= 4 is 34.1 Å². The van der Waals surface area contributed by atoms with Gasteiger partial charge < -0.3 is 15.0 Å². The molecular formula is C31H38F5N7O2S. The number of hydrogen-bond acceptors (Lipinski definition) is 10. The Kier molecular flexibility index (Phi) is 10.7. The van der Waals surface area contributed by atoms with Gasteiger partial charge in [0.25, 0.3) is 0 Å². The van der Waals surface area contributed by atoms with Crippen LogP contribution in [0.3, 0.4) is 0 Å². The maximum atomic E-state index is 15.8. The highest BCUT2D eigenvalue weighted by atomic mass is 32.1. The molecule has 46 heavy (non-hydrogen) atoms. The topological polar surface area (TPSA) is 86.7 Å². The summed E-state index contributed by atoms with van der Waals surface area (Å²) in [4.78, 5) is 31.3. The normalized spacial score (nSPS) is 18.0. The zero-order valence-corrected chi connectivity index (χ0v) is 26.9. The zero-order chi connectivity index (χ0) is 33.0. The van der Waals surface area contributed by atoms with E-state index in [2.05, 4.69) is 43.9 Å². The van der Waals surface area contributed by atoms with Gasteiger partial charge in [-0.05, 0) is 50.4 Å². The highest BCUT2D eigenvalue weighted by molar-refractivity contribution is 7.16. The van der Waals surface area contributed by atoms with Crippen LogP contribution in [0.4, 0.5) is 38.7 Å². The quantitative estimate of drug-likeness (QED) is 0.186. The van der Waals surface area contributed by atoms with Crippen LogP contribution in [0.25, 0.3) is 11.3 Å². The Morgan fingerprint density at radius 3 is 2.57 bits per heavy atom. The number of ether oxygens (including phenoxy) is 1. The molecule has 2 fully saturated rings. The number of carbonyl (C=O) groups excluding carboxylic acids is 1. The van der Waals surface area contributed by atoms with Gasteiger partial charge in [-0.25, -0.2) is 19.3 Å². The minimum absolute atomic E-state index is 0.00315. The molecule has 1 aromatic carbocycles. The van der Waals surface area contributed by atoms with E-state index >= 15 is 4.39 Å². The highest BCUT2D eigenvalue weighted by Gasteiger charge is 2.33. The second-order valence-electron chi connectivity index (χ2n) is 11.8. The fourth-order valence-corrected chi connectivity index (χ4v) is 7.06. The van der Waals surface area contributed by atoms with Crippen LogP contribution in [0, 0.1) is 17.6 Å². The van der Waals surface area contributed by atoms with Crippen LogP contribution in [0.15, 0.2) is 24.5 Å². The van der Waals surface area contributed by atoms with Gasteiger partial charge in [-0.2, -0.15) is 17.6 Å². The molecule has 0 saturated carbocycles. The van der Waals surface area contributed by atoms with Gasteiger partial charge in [-0.15, -0.1) is 0 Å². The number of anilines is 3. The molecule has 1 atom stereocenters. The number of aromatic nitrogens is 3. The van der Waals surface area contributed by atoms with Crippen LogP contribution in [0.2, 0.25) is 0 Å². The van der Waals surface area contributed by atoms with E-state index < -0.39 is 23.4 Å². The number of hydrogen-bond donors (Lipinski definition) is 1. The number of likely N-dealkylation sites (tertiary alicyclic amines) is 1. The molecule has 9 nitrogen and oxygen atoms in total. The van der Waals surface area contributed by atoms with Gasteiger partial charge in [0.1, 0.15) is 12.1 Å². The number of thiazole rings is 1. The fraction of sp³-hybridized carbons (Fsp3) is 0.548. The number of alkyl halides is 3. The van der Waals surface area contributed by atoms with Crippen LogP contribution in [0.1, 0.15) is 50.5 Å². The second kappa shape index (κ2) is 14.6. The number of halogens is 5. The molecule has 2 aromatic heterocycles. The van der Waals surface area contributed by atoms with Gasteiger partial charge in [0.15, 0.2) is 16.8 Å². The van der Waals surface area contributed by atoms with Crippen molar-refractivity contribution in [1.29, 1.82) is 0 Å². The molecular weight excluding hydrogens is 629 g/mol. The molecule has 3 aromatic rings. The lowest BCUT2D eigenvalue weighted by molar-refractivity contribution is -0.143. The number of esters is 1. The molecule has 4 heterocycles. The maximum absolute atomic E-state index is 15.8. The van der Waals surface area contributed by atoms with E-state index in [4.69, 9.17) is 4.74 Å². The van der Waals surface area contributed by atoms with Crippen LogP contribution < -0.4 is 10.2 Å². The third-order valence-corrected chi connectivity index (χ3v) is 9.29. The maximum Gasteiger partial charge on any atom is 0.416 e. The first kappa shape index (κ1) is 33.9. The van der Waals surface area contributed by atoms with Crippen molar-refractivity contribution in [3.63, 3.8) is 0 Å². The number of carbonyl (C=O) groups is 1. The Morgan fingerprint density at radius 2 is 1.87 bits per heavy atom. The summed E-state index contributed by atoms with van der Waals surface area (Å²) in [5, 5.41) is 3.13. The highest BCUT2D eigenvalue weighted by Crippen LogP contribution is 2.39. The van der Waals surface area contributed by atoms with E-state index in [0.717, 1.165) is 31.5 Å². The van der Waals surface area contributed by atoms with Crippen LogP contribution in [-0.4, -0.2) is 82.6 Å². The zero-order valence-electron chi connectivity index (χ0n) is 26.0. The summed E-state index contributed by atoms with van der Waals surface area (Å²) in [7, 11) is 0. The Morgan fingerprint density at radius 1 is 1.11 bits per heavy atom. The molecule has 0 bridgehead atoms. The Labute approximate surface area is 268 Å². The minimum atomic E-state index is -4.74. The average molecular weight is 668 g/mol. The van der Waals surface area contributed by atoms with Gasteiger partial charge in [0, 0.05) is 55.8 Å². The smallest absolute Gasteiger partial charge is 0.416 e. The third-order valence-electron chi connectivity index (χ3n) is 8.33. The predicted octanol–water partition coefficient (Wildman–Crippen LogP) is 6.34. The van der Waals surface area contributed by atoms with Crippen molar-refractivity contribution in [2.75, 3.05) is 56.1 Å². The summed E-state index contributed by atoms with van der Waals surface area (Å²) in [6, 6.07) is 2.68. The lowest BCUT2D eigenvalue weighted by atomic mass is 10.0. The van der Waals surface area contributed by atoms with E-state index in [1.807, 2.05) is 0 Å². The van der Waals surface area contributed by atoms with E-state index in [-0.39, 0.29) is 46.5 Å². The van der Waals surface area contributed by atoms with Crippen molar-refractivity contribution in [2.24, 2.45) is 5.92 Å². The first-order valence-electron chi connectivity index (χ1n) is 15.4. The van der Waals surface area contributed by atoms with Crippen LogP contribution >= 0.6 is 11.3 Å². The average Bonchev–Trinajstić information content (AvgIpc) is 3.64. The molecule has 0 aliphatic carbocycles. The van der Waals surface area contributed by atoms with Crippen molar-refractivity contribution in [3.05, 3.63) is 46.6 Å². The molecule has 2 aliphatic rings. The van der Waals surface area contributed by atoms with Crippen molar-refractivity contribution in [2.45, 2.75) is 58.8 Å². The molecule has 0 radical (unpaired) electrons. The molecule has 2 aliphatic heterocycles. The largest absolute Gasteiger partial charge is 0.466 e. The molecule has 0 amide bonds. The van der Waals surface area contributed by atoms with E-state index in [9.17, 15) is 22.4 Å². The van der Waals surface area contributed by atoms with Gasteiger partial charge in [0.2, 0.25) is 5.82 Å². The minimum Gasteiger partial charge on any atom is -0.466 e. The summed E-state index contributed by atoms with van der Waals surface area (Å²) in [6.07, 6.45) is -1.22. The summed E-state index contributed by atoms with van der Waals surface area (Å²) in [6.45, 7) is 10.3. The fourth-order valence-electron chi connectivity index (χ4n) is 6.05. The lowest BCUT2D eigenvalue weighted by Gasteiger charge is -2.35. The van der Waals surface area contributed by atoms with Gasteiger partial charge >= 0.3 is 12.1 Å². The third kappa shape index (κ3) is 8.10. The van der Waals surface area contributed by atoms with Crippen molar-refractivity contribution in [3.8, 4) is 11.3 Å². The molecule has 1 N–H and O–H groups in total. The molecule has 250 valence electrons. The molecule has 0 unspecified atom stereocenters. The molecule has 2 saturated heterocycles. The van der Waals surface area contributed by atoms with E-state index in [1.54, 1.807) is 11.8 Å².